The Labute approximate surface area is 74.0 Å². The summed E-state index contributed by atoms with van der Waals surface area (Å²) < 4.78 is 10.4. The zero-order valence-electron chi connectivity index (χ0n) is 6.05. The average Bonchev–Trinajstić information content (AvgIpc) is 1.82. The van der Waals surface area contributed by atoms with Gasteiger partial charge in [0.2, 0.25) is 0 Å². The van der Waals surface area contributed by atoms with Gasteiger partial charge in [0, 0.05) is 5.66 Å². The second-order valence-electron chi connectivity index (χ2n) is 2.38. The summed E-state index contributed by atoms with van der Waals surface area (Å²) in [4.78, 5) is 8.59. The van der Waals surface area contributed by atoms with Crippen LogP contribution in [0, 0.1) is 0 Å². The van der Waals surface area contributed by atoms with E-state index in [-0.39, 0.29) is 23.0 Å². The maximum Gasteiger partial charge on any atom is 0.191 e. The van der Waals surface area contributed by atoms with Gasteiger partial charge in [-0.2, -0.15) is 0 Å². The van der Waals surface area contributed by atoms with E-state index in [0.29, 0.717) is 0 Å². The first kappa shape index (κ1) is 13.3. The van der Waals surface area contributed by atoms with E-state index >= 15 is 0 Å². The number of hydrogen-bond donors (Lipinski definition) is 1. The maximum absolute atomic E-state index is 10.4. The molecule has 0 bridgehead atoms. The van der Waals surface area contributed by atoms with Crippen LogP contribution in [0.5, 0.6) is 0 Å². The molecule has 0 aliphatic rings. The average molecular weight is 180 g/mol. The van der Waals surface area contributed by atoms with Crippen LogP contribution in [-0.4, -0.2) is 27.9 Å². The molecule has 0 saturated heterocycles. The quantitative estimate of drug-likeness (QED) is 0.514. The number of unbranched alkanes of at least 4 members (excludes halogenated alkanes) is 1. The molecular weight excluding hydrogens is 162 g/mol. The van der Waals surface area contributed by atoms with Crippen molar-refractivity contribution in [2.24, 2.45) is 0 Å². The lowest BCUT2D eigenvalue weighted by Gasteiger charge is -2.03. The largest absolute Gasteiger partial charge is 0.346 e. The normalized spacial score (nSPS) is 15.5. The number of rotatable bonds is 4. The fraction of sp³-hybridized carbons (Fsp3) is 1.00. The van der Waals surface area contributed by atoms with E-state index in [9.17, 15) is 4.57 Å². The topological polar surface area (TPSA) is 37.3 Å². The van der Waals surface area contributed by atoms with Gasteiger partial charge in [-0.25, -0.2) is 0 Å². The Morgan fingerprint density at radius 1 is 1.60 bits per heavy atom. The van der Waals surface area contributed by atoms with Crippen molar-refractivity contribution < 1.29 is 9.46 Å². The fourth-order valence-corrected chi connectivity index (χ4v) is 1.08. The van der Waals surface area contributed by atoms with Crippen LogP contribution in [-0.2, 0) is 4.57 Å². The third-order valence-electron chi connectivity index (χ3n) is 1.41. The Hall–Kier alpha value is 0.722. The minimum Gasteiger partial charge on any atom is -0.346 e. The monoisotopic (exact) mass is 180 g/mol. The summed E-state index contributed by atoms with van der Waals surface area (Å²) >= 11 is 0. The zero-order valence-corrected chi connectivity index (χ0v) is 7.05. The Morgan fingerprint density at radius 2 is 2.10 bits per heavy atom. The van der Waals surface area contributed by atoms with Crippen molar-refractivity contribution in [3.05, 3.63) is 0 Å². The molecule has 0 heterocycles. The van der Waals surface area contributed by atoms with Crippen LogP contribution in [0.4, 0.5) is 0 Å². The summed E-state index contributed by atoms with van der Waals surface area (Å²) in [6.07, 6.45) is 3.07. The molecule has 0 amide bonds. The van der Waals surface area contributed by atoms with Gasteiger partial charge in [0.05, 0.1) is 0 Å². The molecule has 0 aliphatic heterocycles. The highest BCUT2D eigenvalue weighted by atomic mass is 31.1. The van der Waals surface area contributed by atoms with Gasteiger partial charge in [-0.1, -0.05) is 26.7 Å². The molecule has 0 radical (unpaired) electrons. The predicted molar refractivity (Wildman–Crippen MR) is 50.1 cm³/mol. The smallest absolute Gasteiger partial charge is 0.191 e. The number of hydrogen-bond acceptors (Lipinski definition) is 1. The van der Waals surface area contributed by atoms with Crippen LogP contribution in [0.25, 0.3) is 0 Å². The molecule has 2 unspecified atom stereocenters. The van der Waals surface area contributed by atoms with Gasteiger partial charge in [0.15, 0.2) is 25.4 Å². The van der Waals surface area contributed by atoms with Gasteiger partial charge in [0.25, 0.3) is 0 Å². The molecule has 0 aromatic carbocycles. The van der Waals surface area contributed by atoms with E-state index < -0.39 is 8.03 Å². The molecule has 0 aliphatic carbocycles. The van der Waals surface area contributed by atoms with Gasteiger partial charge < -0.3 is 4.89 Å². The molecule has 4 heteroatoms. The van der Waals surface area contributed by atoms with Crippen molar-refractivity contribution in [2.45, 2.75) is 38.8 Å². The molecule has 0 saturated carbocycles. The molecule has 0 spiro atoms. The van der Waals surface area contributed by atoms with Crippen LogP contribution in [0.1, 0.15) is 33.1 Å². The second-order valence-corrected chi connectivity index (χ2v) is 4.04. The van der Waals surface area contributed by atoms with E-state index in [1.165, 1.54) is 0 Å². The van der Waals surface area contributed by atoms with Gasteiger partial charge in [0.1, 0.15) is 0 Å². The summed E-state index contributed by atoms with van der Waals surface area (Å²) in [7, 11) is -2.23. The van der Waals surface area contributed by atoms with Gasteiger partial charge in [-0.05, 0) is 6.42 Å². The van der Waals surface area contributed by atoms with Crippen LogP contribution in [0.15, 0.2) is 0 Å². The lowest BCUT2D eigenvalue weighted by molar-refractivity contribution is 0.485. The summed E-state index contributed by atoms with van der Waals surface area (Å²) in [5.41, 5.74) is 0.0231. The zero-order chi connectivity index (χ0) is 7.28. The molecule has 0 rings (SSSR count). The second kappa shape index (κ2) is 7.83. The molecule has 1 N–H and O–H groups in total. The highest BCUT2D eigenvalue weighted by Crippen LogP contribution is 2.25. The van der Waals surface area contributed by atoms with Gasteiger partial charge in [-0.3, -0.25) is 4.57 Å². The highest BCUT2D eigenvalue weighted by molar-refractivity contribution is 7.38. The third-order valence-corrected chi connectivity index (χ3v) is 2.54. The van der Waals surface area contributed by atoms with E-state index in [1.807, 2.05) is 6.92 Å². The summed E-state index contributed by atoms with van der Waals surface area (Å²) in [5, 5.41) is 0. The minimum atomic E-state index is -2.23. The fourth-order valence-electron chi connectivity index (χ4n) is 0.634. The summed E-state index contributed by atoms with van der Waals surface area (Å²) in [6.45, 7) is 3.91. The van der Waals surface area contributed by atoms with E-state index in [0.717, 1.165) is 19.3 Å². The van der Waals surface area contributed by atoms with Crippen LogP contribution >= 0.6 is 8.03 Å². The molecule has 2 nitrogen and oxygen atoms in total. The SMILES string of the molecule is CCCCC(C)[PH](=O)O.[AlH3]. The Morgan fingerprint density at radius 3 is 2.40 bits per heavy atom. The molecule has 62 valence electrons. The Kier molecular flexibility index (Phi) is 10.4. The van der Waals surface area contributed by atoms with Crippen molar-refractivity contribution in [3.63, 3.8) is 0 Å². The lowest BCUT2D eigenvalue weighted by atomic mass is 10.2. The molecular formula is C6H18AlO2P. The highest BCUT2D eigenvalue weighted by Gasteiger charge is 2.04. The first-order chi connectivity index (χ1) is 4.18. The van der Waals surface area contributed by atoms with Crippen molar-refractivity contribution in [2.75, 3.05) is 0 Å². The summed E-state index contributed by atoms with van der Waals surface area (Å²) in [5.74, 6) is 0. The minimum absolute atomic E-state index is 0. The third kappa shape index (κ3) is 6.84. The van der Waals surface area contributed by atoms with Gasteiger partial charge >= 0.3 is 0 Å². The molecule has 0 fully saturated rings. The molecule has 10 heavy (non-hydrogen) atoms. The first-order valence-corrected chi connectivity index (χ1v) is 4.84. The van der Waals surface area contributed by atoms with E-state index in [1.54, 1.807) is 0 Å². The predicted octanol–water partition coefficient (Wildman–Crippen LogP) is 0.848. The van der Waals surface area contributed by atoms with Crippen LogP contribution in [0.3, 0.4) is 0 Å². The first-order valence-electron chi connectivity index (χ1n) is 3.41. The Bertz CT molecular complexity index is 97.7. The van der Waals surface area contributed by atoms with Crippen LogP contribution in [0.2, 0.25) is 0 Å². The van der Waals surface area contributed by atoms with Gasteiger partial charge in [-0.15, -0.1) is 0 Å². The maximum atomic E-state index is 10.4. The van der Waals surface area contributed by atoms with Crippen molar-refractivity contribution in [3.8, 4) is 0 Å². The van der Waals surface area contributed by atoms with E-state index in [2.05, 4.69) is 6.92 Å². The Balaban J connectivity index is 0. The van der Waals surface area contributed by atoms with Crippen molar-refractivity contribution >= 4 is 25.4 Å². The standard InChI is InChI=1S/C6H15O2P.Al.3H/c1-3-4-5-6(2)9(7)8;;;;/h6,9H,3-5H2,1-2H3,(H,7,8);;;;. The van der Waals surface area contributed by atoms with Crippen LogP contribution < -0.4 is 0 Å². The molecule has 0 aromatic rings. The summed E-state index contributed by atoms with van der Waals surface area (Å²) in [6, 6.07) is 0. The van der Waals surface area contributed by atoms with Crippen molar-refractivity contribution in [1.29, 1.82) is 0 Å². The van der Waals surface area contributed by atoms with Crippen molar-refractivity contribution in [1.82, 2.24) is 0 Å². The lowest BCUT2D eigenvalue weighted by Crippen LogP contribution is -1.93. The van der Waals surface area contributed by atoms with E-state index in [4.69, 9.17) is 4.89 Å². The molecule has 2 atom stereocenters. The molecule has 0 aromatic heterocycles.